The van der Waals surface area contributed by atoms with E-state index in [9.17, 15) is 0 Å². The monoisotopic (exact) mass is 274 g/mol. The van der Waals surface area contributed by atoms with Crippen LogP contribution in [0.25, 0.3) is 0 Å². The quantitative estimate of drug-likeness (QED) is 0.617. The van der Waals surface area contributed by atoms with Crippen molar-refractivity contribution < 1.29 is 0 Å². The summed E-state index contributed by atoms with van der Waals surface area (Å²) in [5.74, 6) is 0. The van der Waals surface area contributed by atoms with Gasteiger partial charge in [0.1, 0.15) is 0 Å². The Labute approximate surface area is 99.9 Å². The normalized spacial score (nSPS) is 13.4. The first-order chi connectivity index (χ1) is 6.12. The molecule has 1 rings (SSSR count). The fourth-order valence-corrected chi connectivity index (χ4v) is 3.63. The summed E-state index contributed by atoms with van der Waals surface area (Å²) >= 11 is 5.58. The summed E-state index contributed by atoms with van der Waals surface area (Å²) in [6.07, 6.45) is 0. The molecule has 0 radical (unpaired) electrons. The zero-order chi connectivity index (χ0) is 11.1. The van der Waals surface area contributed by atoms with Crippen molar-refractivity contribution in [2.24, 2.45) is 0 Å². The average molecular weight is 275 g/mol. The third kappa shape index (κ3) is 2.60. The van der Waals surface area contributed by atoms with Gasteiger partial charge in [0.15, 0.2) is 0 Å². The molecule has 0 saturated heterocycles. The lowest BCUT2D eigenvalue weighted by atomic mass is 9.93. The second-order valence-corrected chi connectivity index (χ2v) is 7.69. The Kier molecular flexibility index (Phi) is 3.18. The number of halogens is 1. The topological polar surface area (TPSA) is 0 Å². The van der Waals surface area contributed by atoms with E-state index in [0.717, 1.165) is 0 Å². The van der Waals surface area contributed by atoms with E-state index in [-0.39, 0.29) is 10.8 Å². The van der Waals surface area contributed by atoms with Gasteiger partial charge in [0, 0.05) is 14.2 Å². The highest BCUT2D eigenvalue weighted by Gasteiger charge is 2.24. The van der Waals surface area contributed by atoms with E-state index in [1.165, 1.54) is 14.2 Å². The molecule has 0 aromatic carbocycles. The van der Waals surface area contributed by atoms with Crippen molar-refractivity contribution >= 4 is 27.3 Å². The van der Waals surface area contributed by atoms with Crippen LogP contribution < -0.4 is 0 Å². The van der Waals surface area contributed by atoms with Crippen molar-refractivity contribution in [2.45, 2.75) is 52.4 Å². The van der Waals surface area contributed by atoms with Gasteiger partial charge < -0.3 is 0 Å². The first-order valence-corrected chi connectivity index (χ1v) is 6.53. The Hall–Kier alpha value is 0.180. The van der Waals surface area contributed by atoms with Gasteiger partial charge in [-0.25, -0.2) is 0 Å². The lowest BCUT2D eigenvalue weighted by molar-refractivity contribution is 0.601. The van der Waals surface area contributed by atoms with E-state index in [2.05, 4.69) is 63.5 Å². The van der Waals surface area contributed by atoms with E-state index < -0.39 is 0 Å². The molecule has 0 amide bonds. The standard InChI is InChI=1S/C12H19BrS/c1-11(2,3)9-7-8(13)10(14-9)12(4,5)6/h7H,1-6H3. The third-order valence-electron chi connectivity index (χ3n) is 2.11. The summed E-state index contributed by atoms with van der Waals surface area (Å²) in [7, 11) is 0. The molecule has 1 aromatic heterocycles. The second kappa shape index (κ2) is 3.64. The highest BCUT2D eigenvalue weighted by atomic mass is 79.9. The predicted molar refractivity (Wildman–Crippen MR) is 69.4 cm³/mol. The summed E-state index contributed by atoms with van der Waals surface area (Å²) in [5.41, 5.74) is 0.504. The fourth-order valence-electron chi connectivity index (χ4n) is 1.25. The Morgan fingerprint density at radius 1 is 1.00 bits per heavy atom. The Morgan fingerprint density at radius 3 is 1.71 bits per heavy atom. The van der Waals surface area contributed by atoms with Crippen LogP contribution in [0.3, 0.4) is 0 Å². The van der Waals surface area contributed by atoms with Crippen molar-refractivity contribution in [1.29, 1.82) is 0 Å². The molecule has 0 atom stereocenters. The Bertz CT molecular complexity index is 323. The van der Waals surface area contributed by atoms with Gasteiger partial charge in [0.05, 0.1) is 0 Å². The van der Waals surface area contributed by atoms with Crippen LogP contribution in [0, 0.1) is 0 Å². The molecule has 14 heavy (non-hydrogen) atoms. The summed E-state index contributed by atoms with van der Waals surface area (Å²) in [6, 6.07) is 2.27. The van der Waals surface area contributed by atoms with Gasteiger partial charge in [-0.1, -0.05) is 41.5 Å². The van der Waals surface area contributed by atoms with Crippen LogP contribution in [-0.4, -0.2) is 0 Å². The molecular formula is C12H19BrS. The molecule has 0 bridgehead atoms. The van der Waals surface area contributed by atoms with Gasteiger partial charge in [-0.15, -0.1) is 11.3 Å². The van der Waals surface area contributed by atoms with Crippen molar-refractivity contribution in [3.63, 3.8) is 0 Å². The molecule has 0 nitrogen and oxygen atoms in total. The van der Waals surface area contributed by atoms with E-state index in [1.54, 1.807) is 0 Å². The summed E-state index contributed by atoms with van der Waals surface area (Å²) in [6.45, 7) is 13.6. The molecule has 0 saturated carbocycles. The van der Waals surface area contributed by atoms with Gasteiger partial charge in [-0.05, 0) is 32.8 Å². The molecule has 0 unspecified atom stereocenters. The predicted octanol–water partition coefficient (Wildman–Crippen LogP) is 5.11. The fraction of sp³-hybridized carbons (Fsp3) is 0.667. The van der Waals surface area contributed by atoms with Crippen LogP contribution in [0.2, 0.25) is 0 Å². The number of rotatable bonds is 0. The molecule has 80 valence electrons. The van der Waals surface area contributed by atoms with E-state index >= 15 is 0 Å². The SMILES string of the molecule is CC(C)(C)c1cc(Br)c(C(C)(C)C)s1. The zero-order valence-electron chi connectivity index (χ0n) is 9.86. The number of hydrogen-bond acceptors (Lipinski definition) is 1. The molecule has 0 aliphatic heterocycles. The molecule has 1 heterocycles. The first-order valence-electron chi connectivity index (χ1n) is 4.92. The van der Waals surface area contributed by atoms with Crippen LogP contribution in [0.15, 0.2) is 10.5 Å². The van der Waals surface area contributed by atoms with E-state index in [1.807, 2.05) is 11.3 Å². The highest BCUT2D eigenvalue weighted by Crippen LogP contribution is 2.41. The van der Waals surface area contributed by atoms with Crippen molar-refractivity contribution in [2.75, 3.05) is 0 Å². The minimum absolute atomic E-state index is 0.243. The lowest BCUT2D eigenvalue weighted by Gasteiger charge is -2.18. The highest BCUT2D eigenvalue weighted by molar-refractivity contribution is 9.10. The van der Waals surface area contributed by atoms with Crippen LogP contribution in [0.4, 0.5) is 0 Å². The van der Waals surface area contributed by atoms with Gasteiger partial charge in [-0.3, -0.25) is 0 Å². The van der Waals surface area contributed by atoms with Crippen molar-refractivity contribution in [1.82, 2.24) is 0 Å². The van der Waals surface area contributed by atoms with Crippen LogP contribution >= 0.6 is 27.3 Å². The smallest absolute Gasteiger partial charge is 0.0322 e. The summed E-state index contributed by atoms with van der Waals surface area (Å²) < 4.78 is 1.26. The van der Waals surface area contributed by atoms with E-state index in [4.69, 9.17) is 0 Å². The molecule has 0 spiro atoms. The van der Waals surface area contributed by atoms with Gasteiger partial charge in [0.2, 0.25) is 0 Å². The summed E-state index contributed by atoms with van der Waals surface area (Å²) in [4.78, 5) is 2.90. The maximum Gasteiger partial charge on any atom is 0.0322 e. The van der Waals surface area contributed by atoms with Gasteiger partial charge in [0.25, 0.3) is 0 Å². The lowest BCUT2D eigenvalue weighted by Crippen LogP contribution is -2.10. The first kappa shape index (κ1) is 12.3. The third-order valence-corrected chi connectivity index (χ3v) is 4.98. The van der Waals surface area contributed by atoms with Crippen LogP contribution in [0.1, 0.15) is 51.3 Å². The largest absolute Gasteiger partial charge is 0.143 e. The average Bonchev–Trinajstić information content (AvgIpc) is 2.27. The Balaban J connectivity index is 3.19. The molecule has 0 N–H and O–H groups in total. The zero-order valence-corrected chi connectivity index (χ0v) is 12.3. The molecule has 1 aromatic rings. The summed E-state index contributed by atoms with van der Waals surface area (Å²) in [5, 5.41) is 0. The van der Waals surface area contributed by atoms with Gasteiger partial charge >= 0.3 is 0 Å². The minimum Gasteiger partial charge on any atom is -0.143 e. The van der Waals surface area contributed by atoms with Crippen molar-refractivity contribution in [3.05, 3.63) is 20.3 Å². The Morgan fingerprint density at radius 2 is 1.50 bits per heavy atom. The van der Waals surface area contributed by atoms with Crippen molar-refractivity contribution in [3.8, 4) is 0 Å². The second-order valence-electron chi connectivity index (χ2n) is 5.79. The molecule has 2 heteroatoms. The maximum absolute atomic E-state index is 3.66. The van der Waals surface area contributed by atoms with E-state index in [0.29, 0.717) is 0 Å². The molecular weight excluding hydrogens is 256 g/mol. The number of thiophene rings is 1. The number of hydrogen-bond donors (Lipinski definition) is 0. The molecule has 0 fully saturated rings. The minimum atomic E-state index is 0.243. The maximum atomic E-state index is 3.66. The molecule has 0 aliphatic carbocycles. The van der Waals surface area contributed by atoms with Gasteiger partial charge in [-0.2, -0.15) is 0 Å². The van der Waals surface area contributed by atoms with Crippen LogP contribution in [0.5, 0.6) is 0 Å². The van der Waals surface area contributed by atoms with Crippen LogP contribution in [-0.2, 0) is 10.8 Å². The molecule has 0 aliphatic rings.